The summed E-state index contributed by atoms with van der Waals surface area (Å²) in [5.41, 5.74) is 0.233. The fourth-order valence-corrected chi connectivity index (χ4v) is 2.36. The molecule has 116 valence electrons. The van der Waals surface area contributed by atoms with Gasteiger partial charge in [-0.15, -0.1) is 11.3 Å². The molecule has 1 heterocycles. The monoisotopic (exact) mass is 312 g/mol. The number of esters is 1. The maximum Gasteiger partial charge on any atom is 0.325 e. The van der Waals surface area contributed by atoms with E-state index in [1.165, 1.54) is 18.4 Å². The van der Waals surface area contributed by atoms with Crippen LogP contribution < -0.4 is 10.6 Å². The Labute approximate surface area is 127 Å². The van der Waals surface area contributed by atoms with Crippen LogP contribution in [0.2, 0.25) is 0 Å². The molecular formula is C14H20N2O4S. The summed E-state index contributed by atoms with van der Waals surface area (Å²) >= 11 is 1.18. The van der Waals surface area contributed by atoms with E-state index in [-0.39, 0.29) is 18.4 Å². The molecule has 6 nitrogen and oxygen atoms in total. The number of thiophene rings is 1. The molecule has 0 saturated carbocycles. The third kappa shape index (κ3) is 4.86. The number of rotatable bonds is 4. The van der Waals surface area contributed by atoms with Crippen LogP contribution in [0.1, 0.15) is 36.0 Å². The van der Waals surface area contributed by atoms with Crippen LogP contribution in [0, 0.1) is 12.3 Å². The number of aryl methyl sites for hydroxylation is 1. The van der Waals surface area contributed by atoms with Gasteiger partial charge in [0.1, 0.15) is 6.54 Å². The quantitative estimate of drug-likeness (QED) is 0.832. The molecule has 0 spiro atoms. The van der Waals surface area contributed by atoms with Crippen molar-refractivity contribution in [2.75, 3.05) is 19.0 Å². The van der Waals surface area contributed by atoms with Gasteiger partial charge in [0, 0.05) is 5.41 Å². The van der Waals surface area contributed by atoms with Crippen molar-refractivity contribution >= 4 is 34.1 Å². The largest absolute Gasteiger partial charge is 0.468 e. The van der Waals surface area contributed by atoms with E-state index in [4.69, 9.17) is 0 Å². The van der Waals surface area contributed by atoms with Crippen LogP contribution in [0.5, 0.6) is 0 Å². The first kappa shape index (κ1) is 17.2. The van der Waals surface area contributed by atoms with Crippen LogP contribution in [0.4, 0.5) is 5.00 Å². The minimum atomic E-state index is -0.515. The minimum Gasteiger partial charge on any atom is -0.468 e. The Balaban J connectivity index is 2.76. The van der Waals surface area contributed by atoms with Crippen molar-refractivity contribution < 1.29 is 19.1 Å². The topological polar surface area (TPSA) is 84.5 Å². The van der Waals surface area contributed by atoms with Crippen LogP contribution >= 0.6 is 11.3 Å². The van der Waals surface area contributed by atoms with Crippen LogP contribution in [0.15, 0.2) is 6.07 Å². The van der Waals surface area contributed by atoms with Gasteiger partial charge in [-0.2, -0.15) is 0 Å². The Morgan fingerprint density at radius 2 is 1.90 bits per heavy atom. The van der Waals surface area contributed by atoms with Crippen molar-refractivity contribution in [2.45, 2.75) is 27.7 Å². The lowest BCUT2D eigenvalue weighted by atomic mass is 9.96. The SMILES string of the molecule is COC(=O)CNC(=O)c1sc(NC(=O)C(C)(C)C)cc1C. The van der Waals surface area contributed by atoms with E-state index in [1.54, 1.807) is 13.0 Å². The van der Waals surface area contributed by atoms with E-state index in [9.17, 15) is 14.4 Å². The van der Waals surface area contributed by atoms with E-state index < -0.39 is 11.4 Å². The van der Waals surface area contributed by atoms with E-state index in [2.05, 4.69) is 15.4 Å². The maximum atomic E-state index is 12.0. The predicted molar refractivity (Wildman–Crippen MR) is 81.5 cm³/mol. The van der Waals surface area contributed by atoms with Crippen molar-refractivity contribution in [3.63, 3.8) is 0 Å². The standard InChI is InChI=1S/C14H20N2O4S/c1-8-6-9(16-13(19)14(2,3)4)21-11(8)12(18)15-7-10(17)20-5/h6H,7H2,1-5H3,(H,15,18)(H,16,19). The summed E-state index contributed by atoms with van der Waals surface area (Å²) < 4.78 is 4.45. The number of anilines is 1. The zero-order chi connectivity index (χ0) is 16.2. The van der Waals surface area contributed by atoms with Crippen LogP contribution in [-0.2, 0) is 14.3 Å². The first-order chi connectivity index (χ1) is 9.65. The highest BCUT2D eigenvalue weighted by molar-refractivity contribution is 7.18. The van der Waals surface area contributed by atoms with Gasteiger partial charge in [0.25, 0.3) is 5.91 Å². The molecule has 0 bridgehead atoms. The van der Waals surface area contributed by atoms with E-state index in [1.807, 2.05) is 20.8 Å². The molecule has 0 aromatic carbocycles. The minimum absolute atomic E-state index is 0.120. The molecule has 21 heavy (non-hydrogen) atoms. The highest BCUT2D eigenvalue weighted by Crippen LogP contribution is 2.28. The molecular weight excluding hydrogens is 292 g/mol. The number of amides is 2. The first-order valence-corrected chi connectivity index (χ1v) is 7.23. The fraction of sp³-hybridized carbons (Fsp3) is 0.500. The molecule has 7 heteroatoms. The molecule has 1 aromatic rings. The number of methoxy groups -OCH3 is 1. The highest BCUT2D eigenvalue weighted by Gasteiger charge is 2.23. The van der Waals surface area contributed by atoms with Crippen molar-refractivity contribution in [1.82, 2.24) is 5.32 Å². The molecule has 0 saturated heterocycles. The molecule has 0 unspecified atom stereocenters. The van der Waals surface area contributed by atoms with Gasteiger partial charge in [0.05, 0.1) is 17.0 Å². The van der Waals surface area contributed by atoms with E-state index >= 15 is 0 Å². The third-order valence-electron chi connectivity index (χ3n) is 2.66. The molecule has 0 aliphatic heterocycles. The molecule has 1 rings (SSSR count). The van der Waals surface area contributed by atoms with Crippen molar-refractivity contribution in [2.24, 2.45) is 5.41 Å². The maximum absolute atomic E-state index is 12.0. The summed E-state index contributed by atoms with van der Waals surface area (Å²) in [6, 6.07) is 1.74. The summed E-state index contributed by atoms with van der Waals surface area (Å²) in [4.78, 5) is 35.3. The molecule has 2 N–H and O–H groups in total. The van der Waals surface area contributed by atoms with Gasteiger partial charge in [-0.3, -0.25) is 14.4 Å². The van der Waals surface area contributed by atoms with Crippen LogP contribution in [0.25, 0.3) is 0 Å². The second-order valence-electron chi connectivity index (χ2n) is 5.59. The Morgan fingerprint density at radius 3 is 2.43 bits per heavy atom. The lowest BCUT2D eigenvalue weighted by molar-refractivity contribution is -0.139. The Morgan fingerprint density at radius 1 is 1.29 bits per heavy atom. The summed E-state index contributed by atoms with van der Waals surface area (Å²) in [5, 5.41) is 5.86. The number of nitrogens with one attached hydrogen (secondary N) is 2. The molecule has 0 radical (unpaired) electrons. The predicted octanol–water partition coefficient (Wildman–Crippen LogP) is 1.94. The highest BCUT2D eigenvalue weighted by atomic mass is 32.1. The molecule has 0 aliphatic carbocycles. The van der Waals surface area contributed by atoms with Gasteiger partial charge >= 0.3 is 5.97 Å². The molecule has 0 fully saturated rings. The number of hydrogen-bond donors (Lipinski definition) is 2. The van der Waals surface area contributed by atoms with E-state index in [0.29, 0.717) is 9.88 Å². The van der Waals surface area contributed by atoms with Crippen LogP contribution in [-0.4, -0.2) is 31.4 Å². The lowest BCUT2D eigenvalue weighted by Gasteiger charge is -2.16. The van der Waals surface area contributed by atoms with Crippen molar-refractivity contribution in [1.29, 1.82) is 0 Å². The zero-order valence-corrected chi connectivity index (χ0v) is 13.6. The zero-order valence-electron chi connectivity index (χ0n) is 12.8. The van der Waals surface area contributed by atoms with E-state index in [0.717, 1.165) is 5.56 Å². The normalized spacial score (nSPS) is 10.9. The van der Waals surface area contributed by atoms with Crippen molar-refractivity contribution in [3.05, 3.63) is 16.5 Å². The summed E-state index contributed by atoms with van der Waals surface area (Å²) in [5.74, 6) is -0.997. The fourth-order valence-electron chi connectivity index (χ4n) is 1.37. The Bertz CT molecular complexity index is 558. The second kappa shape index (κ2) is 6.71. The third-order valence-corrected chi connectivity index (χ3v) is 3.81. The smallest absolute Gasteiger partial charge is 0.325 e. The van der Waals surface area contributed by atoms with Gasteiger partial charge in [-0.05, 0) is 18.6 Å². The van der Waals surface area contributed by atoms with Gasteiger partial charge < -0.3 is 15.4 Å². The van der Waals surface area contributed by atoms with Crippen LogP contribution in [0.3, 0.4) is 0 Å². The first-order valence-electron chi connectivity index (χ1n) is 6.42. The average Bonchev–Trinajstić information content (AvgIpc) is 2.75. The number of ether oxygens (including phenoxy) is 1. The van der Waals surface area contributed by atoms with Crippen molar-refractivity contribution in [3.8, 4) is 0 Å². The lowest BCUT2D eigenvalue weighted by Crippen LogP contribution is -2.29. The average molecular weight is 312 g/mol. The summed E-state index contributed by atoms with van der Waals surface area (Å²) in [6.07, 6.45) is 0. The summed E-state index contributed by atoms with van der Waals surface area (Å²) in [6.45, 7) is 7.03. The summed E-state index contributed by atoms with van der Waals surface area (Å²) in [7, 11) is 1.25. The second-order valence-corrected chi connectivity index (χ2v) is 6.64. The van der Waals surface area contributed by atoms with Gasteiger partial charge in [0.2, 0.25) is 5.91 Å². The number of carbonyl (C=O) groups is 3. The molecule has 0 atom stereocenters. The Hall–Kier alpha value is -1.89. The Kier molecular flexibility index (Phi) is 5.48. The van der Waals surface area contributed by atoms with Gasteiger partial charge in [-0.1, -0.05) is 20.8 Å². The van der Waals surface area contributed by atoms with Gasteiger partial charge in [0.15, 0.2) is 0 Å². The number of hydrogen-bond acceptors (Lipinski definition) is 5. The number of carbonyl (C=O) groups excluding carboxylic acids is 3. The molecule has 0 aliphatic rings. The molecule has 2 amide bonds. The van der Waals surface area contributed by atoms with Gasteiger partial charge in [-0.25, -0.2) is 0 Å². The molecule has 1 aromatic heterocycles.